The molecule has 3 amide bonds. The van der Waals surface area contributed by atoms with Gasteiger partial charge in [-0.25, -0.2) is 4.79 Å². The molecule has 0 aliphatic carbocycles. The van der Waals surface area contributed by atoms with Crippen LogP contribution in [-0.4, -0.2) is 46.9 Å². The lowest BCUT2D eigenvalue weighted by atomic mass is 9.85. The highest BCUT2D eigenvalue weighted by Crippen LogP contribution is 2.28. The van der Waals surface area contributed by atoms with E-state index in [0.717, 1.165) is 16.7 Å². The van der Waals surface area contributed by atoms with Crippen molar-refractivity contribution in [1.29, 1.82) is 0 Å². The predicted octanol–water partition coefficient (Wildman–Crippen LogP) is 2.00. The monoisotopic (exact) mass is 485 g/mol. The van der Waals surface area contributed by atoms with Crippen LogP contribution in [0.5, 0.6) is 0 Å². The fourth-order valence-corrected chi connectivity index (χ4v) is 4.42. The Morgan fingerprint density at radius 2 is 1.22 bits per heavy atom. The minimum absolute atomic E-state index is 0.328. The maximum atomic E-state index is 12.9. The quantitative estimate of drug-likeness (QED) is 0.369. The Kier molecular flexibility index (Phi) is 7.75. The van der Waals surface area contributed by atoms with Gasteiger partial charge in [-0.15, -0.1) is 0 Å². The van der Waals surface area contributed by atoms with Crippen LogP contribution in [0.1, 0.15) is 29.0 Å². The van der Waals surface area contributed by atoms with Crippen LogP contribution in [0.15, 0.2) is 91.0 Å². The van der Waals surface area contributed by atoms with E-state index in [9.17, 15) is 24.3 Å². The molecule has 1 heterocycles. The molecule has 8 nitrogen and oxygen atoms in total. The lowest BCUT2D eigenvalue weighted by Gasteiger charge is -2.30. The van der Waals surface area contributed by atoms with Crippen molar-refractivity contribution in [3.8, 4) is 0 Å². The average molecular weight is 486 g/mol. The van der Waals surface area contributed by atoms with Crippen LogP contribution in [0.4, 0.5) is 0 Å². The number of rotatable bonds is 9. The van der Waals surface area contributed by atoms with Crippen LogP contribution in [-0.2, 0) is 25.6 Å². The fraction of sp³-hybridized carbons (Fsp3) is 0.214. The van der Waals surface area contributed by atoms with Crippen LogP contribution < -0.4 is 16.0 Å². The molecule has 1 aliphatic heterocycles. The van der Waals surface area contributed by atoms with E-state index in [1.165, 1.54) is 0 Å². The molecule has 0 radical (unpaired) electrons. The number of aliphatic carboxylic acids is 1. The average Bonchev–Trinajstić information content (AvgIpc) is 2.88. The van der Waals surface area contributed by atoms with Gasteiger partial charge in [0.1, 0.15) is 18.1 Å². The van der Waals surface area contributed by atoms with Crippen LogP contribution >= 0.6 is 0 Å². The lowest BCUT2D eigenvalue weighted by Crippen LogP contribution is -2.63. The third-order valence-corrected chi connectivity index (χ3v) is 6.17. The molecule has 0 unspecified atom stereocenters. The van der Waals surface area contributed by atoms with Crippen molar-refractivity contribution >= 4 is 23.7 Å². The van der Waals surface area contributed by atoms with Crippen molar-refractivity contribution in [2.24, 2.45) is 0 Å². The van der Waals surface area contributed by atoms with Gasteiger partial charge in [-0.1, -0.05) is 91.0 Å². The Morgan fingerprint density at radius 1 is 0.750 bits per heavy atom. The summed E-state index contributed by atoms with van der Waals surface area (Å²) in [5, 5.41) is 17.9. The fourth-order valence-electron chi connectivity index (χ4n) is 4.42. The Morgan fingerprint density at radius 3 is 1.75 bits per heavy atom. The Labute approximate surface area is 208 Å². The zero-order chi connectivity index (χ0) is 25.5. The topological polar surface area (TPSA) is 125 Å². The van der Waals surface area contributed by atoms with Crippen molar-refractivity contribution in [2.75, 3.05) is 0 Å². The van der Waals surface area contributed by atoms with Gasteiger partial charge in [0.15, 0.2) is 0 Å². The normalized spacial score (nSPS) is 18.1. The molecule has 4 rings (SSSR count). The number of nitrogens with one attached hydrogen (secondary N) is 3. The first-order valence-corrected chi connectivity index (χ1v) is 11.7. The number of piperazine rings is 1. The Hall–Kier alpha value is -4.46. The summed E-state index contributed by atoms with van der Waals surface area (Å²) in [6, 6.07) is 24.3. The SMILES string of the molecule is O=C(C[C@@H]1NC(=O)[C@H](Cc2ccccc2)NC1=O)N[C@@H](C(=O)O)C(c1ccccc1)c1ccccc1. The van der Waals surface area contributed by atoms with E-state index in [1.54, 1.807) is 48.5 Å². The molecular weight excluding hydrogens is 458 g/mol. The molecule has 36 heavy (non-hydrogen) atoms. The van der Waals surface area contributed by atoms with E-state index >= 15 is 0 Å². The lowest BCUT2D eigenvalue weighted by molar-refractivity contribution is -0.143. The molecule has 0 aromatic heterocycles. The molecule has 4 N–H and O–H groups in total. The van der Waals surface area contributed by atoms with Gasteiger partial charge in [0.05, 0.1) is 6.42 Å². The largest absolute Gasteiger partial charge is 0.480 e. The first-order chi connectivity index (χ1) is 17.4. The zero-order valence-electron chi connectivity index (χ0n) is 19.5. The minimum Gasteiger partial charge on any atom is -0.480 e. The maximum absolute atomic E-state index is 12.9. The number of carboxylic acid groups (broad SMARTS) is 1. The highest BCUT2D eigenvalue weighted by molar-refractivity contribution is 5.99. The van der Waals surface area contributed by atoms with Crippen molar-refractivity contribution in [2.45, 2.75) is 36.9 Å². The number of benzene rings is 3. The molecule has 3 atom stereocenters. The second kappa shape index (κ2) is 11.3. The number of carboxylic acids is 1. The first-order valence-electron chi connectivity index (χ1n) is 11.7. The summed E-state index contributed by atoms with van der Waals surface area (Å²) in [4.78, 5) is 50.4. The maximum Gasteiger partial charge on any atom is 0.327 e. The Balaban J connectivity index is 1.45. The highest BCUT2D eigenvalue weighted by Gasteiger charge is 2.37. The van der Waals surface area contributed by atoms with Gasteiger partial charge < -0.3 is 21.1 Å². The standard InChI is InChI=1S/C28H27N3O5/c32-23(17-22-27(34)29-21(26(33)30-22)16-18-10-4-1-5-11-18)31-25(28(35)36)24(19-12-6-2-7-13-19)20-14-8-3-9-15-20/h1-15,21-22,24-25H,16-17H2,(H,29,34)(H,30,33)(H,31,32)(H,35,36)/t21-,22-,25+/m0/s1. The molecule has 0 saturated carbocycles. The van der Waals surface area contributed by atoms with E-state index in [4.69, 9.17) is 0 Å². The molecular formula is C28H27N3O5. The second-order valence-electron chi connectivity index (χ2n) is 8.70. The Bertz CT molecular complexity index is 1180. The highest BCUT2D eigenvalue weighted by atomic mass is 16.4. The van der Waals surface area contributed by atoms with Crippen LogP contribution in [0.25, 0.3) is 0 Å². The molecule has 184 valence electrons. The number of carbonyl (C=O) groups excluding carboxylic acids is 3. The summed E-state index contributed by atoms with van der Waals surface area (Å²) in [5.74, 6) is -3.39. The second-order valence-corrected chi connectivity index (χ2v) is 8.70. The molecule has 0 spiro atoms. The van der Waals surface area contributed by atoms with Crippen molar-refractivity contribution in [3.05, 3.63) is 108 Å². The molecule has 1 aliphatic rings. The third kappa shape index (κ3) is 5.96. The van der Waals surface area contributed by atoms with Gasteiger partial charge >= 0.3 is 5.97 Å². The van der Waals surface area contributed by atoms with Gasteiger partial charge in [0.2, 0.25) is 17.7 Å². The van der Waals surface area contributed by atoms with Gasteiger partial charge in [-0.3, -0.25) is 14.4 Å². The summed E-state index contributed by atoms with van der Waals surface area (Å²) >= 11 is 0. The van der Waals surface area contributed by atoms with E-state index in [2.05, 4.69) is 16.0 Å². The van der Waals surface area contributed by atoms with Crippen LogP contribution in [0.3, 0.4) is 0 Å². The molecule has 8 heteroatoms. The van der Waals surface area contributed by atoms with Gasteiger partial charge in [-0.05, 0) is 16.7 Å². The summed E-state index contributed by atoms with van der Waals surface area (Å²) in [5.41, 5.74) is 2.35. The molecule has 3 aromatic carbocycles. The first kappa shape index (κ1) is 24.7. The van der Waals surface area contributed by atoms with Crippen molar-refractivity contribution in [3.63, 3.8) is 0 Å². The van der Waals surface area contributed by atoms with E-state index < -0.39 is 47.7 Å². The molecule has 1 saturated heterocycles. The van der Waals surface area contributed by atoms with E-state index in [-0.39, 0.29) is 6.42 Å². The van der Waals surface area contributed by atoms with Crippen LogP contribution in [0.2, 0.25) is 0 Å². The molecule has 1 fully saturated rings. The number of hydrogen-bond donors (Lipinski definition) is 4. The molecule has 0 bridgehead atoms. The summed E-state index contributed by atoms with van der Waals surface area (Å²) in [6.45, 7) is 0. The number of carbonyl (C=O) groups is 4. The van der Waals surface area contributed by atoms with Gasteiger partial charge in [0, 0.05) is 12.3 Å². The molecule has 3 aromatic rings. The third-order valence-electron chi connectivity index (χ3n) is 6.17. The minimum atomic E-state index is -1.28. The smallest absolute Gasteiger partial charge is 0.327 e. The van der Waals surface area contributed by atoms with Gasteiger partial charge in [-0.2, -0.15) is 0 Å². The summed E-state index contributed by atoms with van der Waals surface area (Å²) in [7, 11) is 0. The van der Waals surface area contributed by atoms with Gasteiger partial charge in [0.25, 0.3) is 0 Å². The number of amides is 3. The summed E-state index contributed by atoms with van der Waals surface area (Å²) < 4.78 is 0. The van der Waals surface area contributed by atoms with E-state index in [0.29, 0.717) is 6.42 Å². The van der Waals surface area contributed by atoms with Crippen LogP contribution in [0, 0.1) is 0 Å². The summed E-state index contributed by atoms with van der Waals surface area (Å²) in [6.07, 6.45) is -0.0516. The number of hydrogen-bond acceptors (Lipinski definition) is 4. The van der Waals surface area contributed by atoms with E-state index in [1.807, 2.05) is 42.5 Å². The predicted molar refractivity (Wildman–Crippen MR) is 133 cm³/mol. The zero-order valence-corrected chi connectivity index (χ0v) is 19.5. The van der Waals surface area contributed by atoms with Crippen molar-refractivity contribution < 1.29 is 24.3 Å². The van der Waals surface area contributed by atoms with Crippen molar-refractivity contribution in [1.82, 2.24) is 16.0 Å².